The van der Waals surface area contributed by atoms with Crippen molar-refractivity contribution >= 4 is 23.4 Å². The zero-order valence-electron chi connectivity index (χ0n) is 18.8. The van der Waals surface area contributed by atoms with Crippen molar-refractivity contribution in [3.05, 3.63) is 40.3 Å². The Balaban J connectivity index is 1.71. The molecule has 31 heavy (non-hydrogen) atoms. The van der Waals surface area contributed by atoms with Crippen molar-refractivity contribution in [2.24, 2.45) is 0 Å². The van der Waals surface area contributed by atoms with Crippen LogP contribution in [0.5, 0.6) is 0 Å². The van der Waals surface area contributed by atoms with Gasteiger partial charge in [0.05, 0.1) is 17.3 Å². The molecule has 0 aliphatic carbocycles. The average molecular weight is 447 g/mol. The number of hydrogen-bond donors (Lipinski definition) is 0. The molecular formula is C22H31ClN6O2. The first-order valence-corrected chi connectivity index (χ1v) is 11.2. The molecule has 1 saturated heterocycles. The minimum atomic E-state index is -0.190. The van der Waals surface area contributed by atoms with E-state index in [2.05, 4.69) is 15.0 Å². The number of aryl methyl sites for hydroxylation is 2. The van der Waals surface area contributed by atoms with Gasteiger partial charge in [0.15, 0.2) is 5.82 Å². The predicted molar refractivity (Wildman–Crippen MR) is 121 cm³/mol. The quantitative estimate of drug-likeness (QED) is 0.681. The van der Waals surface area contributed by atoms with Gasteiger partial charge in [0.2, 0.25) is 5.91 Å². The van der Waals surface area contributed by atoms with Crippen molar-refractivity contribution in [3.63, 3.8) is 0 Å². The first kappa shape index (κ1) is 23.2. The van der Waals surface area contributed by atoms with Crippen LogP contribution in [0.25, 0.3) is 5.82 Å². The van der Waals surface area contributed by atoms with Crippen molar-refractivity contribution in [3.8, 4) is 5.82 Å². The molecule has 0 bridgehead atoms. The first-order chi connectivity index (χ1) is 14.8. The lowest BCUT2D eigenvalue weighted by atomic mass is 10.3. The number of carbonyl (C=O) groups excluding carboxylic acids is 2. The zero-order chi connectivity index (χ0) is 22.5. The minimum Gasteiger partial charge on any atom is -0.342 e. The van der Waals surface area contributed by atoms with Crippen LogP contribution in [-0.2, 0) is 4.79 Å². The SMILES string of the molecule is CCN(CC)C(=O)CN1CCCN(C(=O)c2nc(-n3nc(C)cc3C)ccc2Cl)CC1. The topological polar surface area (TPSA) is 74.6 Å². The standard InChI is InChI=1S/C22H31ClN6O2/c1-5-27(6-2)20(30)15-26-10-7-11-28(13-12-26)22(31)21-18(23)8-9-19(24-21)29-17(4)14-16(3)25-29/h8-9,14H,5-7,10-13,15H2,1-4H3. The Kier molecular flexibility index (Phi) is 7.67. The number of amides is 2. The second-order valence-corrected chi connectivity index (χ2v) is 8.23. The van der Waals surface area contributed by atoms with Crippen LogP contribution in [0.4, 0.5) is 0 Å². The van der Waals surface area contributed by atoms with Crippen LogP contribution in [0.3, 0.4) is 0 Å². The summed E-state index contributed by atoms with van der Waals surface area (Å²) in [5.41, 5.74) is 2.06. The summed E-state index contributed by atoms with van der Waals surface area (Å²) in [4.78, 5) is 35.9. The van der Waals surface area contributed by atoms with Gasteiger partial charge in [-0.3, -0.25) is 14.5 Å². The lowest BCUT2D eigenvalue weighted by molar-refractivity contribution is -0.132. The molecule has 0 unspecified atom stereocenters. The van der Waals surface area contributed by atoms with E-state index in [1.54, 1.807) is 21.7 Å². The average Bonchev–Trinajstić information content (AvgIpc) is 2.93. The molecular weight excluding hydrogens is 416 g/mol. The summed E-state index contributed by atoms with van der Waals surface area (Å²) in [6.45, 7) is 12.2. The minimum absolute atomic E-state index is 0.132. The molecule has 2 aromatic heterocycles. The summed E-state index contributed by atoms with van der Waals surface area (Å²) >= 11 is 6.35. The van der Waals surface area contributed by atoms with Crippen LogP contribution < -0.4 is 0 Å². The lowest BCUT2D eigenvalue weighted by Crippen LogP contribution is -2.42. The van der Waals surface area contributed by atoms with E-state index in [0.717, 1.165) is 24.4 Å². The third-order valence-electron chi connectivity index (χ3n) is 5.61. The number of halogens is 1. The second-order valence-electron chi connectivity index (χ2n) is 7.83. The normalized spacial score (nSPS) is 15.1. The molecule has 1 fully saturated rings. The van der Waals surface area contributed by atoms with E-state index in [0.29, 0.717) is 50.1 Å². The lowest BCUT2D eigenvalue weighted by Gasteiger charge is -2.25. The van der Waals surface area contributed by atoms with Crippen molar-refractivity contribution in [1.29, 1.82) is 0 Å². The van der Waals surface area contributed by atoms with Crippen molar-refractivity contribution in [2.45, 2.75) is 34.1 Å². The molecule has 168 valence electrons. The van der Waals surface area contributed by atoms with Crippen molar-refractivity contribution < 1.29 is 9.59 Å². The Morgan fingerprint density at radius 1 is 1.10 bits per heavy atom. The summed E-state index contributed by atoms with van der Waals surface area (Å²) in [5, 5.41) is 4.77. The number of nitrogens with zero attached hydrogens (tertiary/aromatic N) is 6. The third kappa shape index (κ3) is 5.43. The van der Waals surface area contributed by atoms with Gasteiger partial charge in [-0.15, -0.1) is 0 Å². The van der Waals surface area contributed by atoms with Gasteiger partial charge in [-0.05, 0) is 52.3 Å². The highest BCUT2D eigenvalue weighted by atomic mass is 35.5. The summed E-state index contributed by atoms with van der Waals surface area (Å²) in [6, 6.07) is 5.42. The van der Waals surface area contributed by atoms with Crippen LogP contribution in [-0.4, -0.2) is 87.1 Å². The van der Waals surface area contributed by atoms with Crippen molar-refractivity contribution in [2.75, 3.05) is 45.8 Å². The smallest absolute Gasteiger partial charge is 0.274 e. The highest BCUT2D eigenvalue weighted by Crippen LogP contribution is 2.20. The van der Waals surface area contributed by atoms with Gasteiger partial charge in [0, 0.05) is 45.0 Å². The maximum absolute atomic E-state index is 13.2. The molecule has 0 atom stereocenters. The number of hydrogen-bond acceptors (Lipinski definition) is 5. The Morgan fingerprint density at radius 2 is 1.84 bits per heavy atom. The van der Waals surface area contributed by atoms with Crippen molar-refractivity contribution in [1.82, 2.24) is 29.5 Å². The molecule has 0 radical (unpaired) electrons. The number of likely N-dealkylation sites (N-methyl/N-ethyl adjacent to an activating group) is 1. The largest absolute Gasteiger partial charge is 0.342 e. The molecule has 3 rings (SSSR count). The summed E-state index contributed by atoms with van der Waals surface area (Å²) in [5.74, 6) is 0.511. The Hall–Kier alpha value is -2.45. The molecule has 1 aliphatic rings. The fourth-order valence-corrected chi connectivity index (χ4v) is 4.10. The van der Waals surface area contributed by atoms with E-state index in [1.165, 1.54) is 0 Å². The van der Waals surface area contributed by atoms with Gasteiger partial charge in [0.25, 0.3) is 5.91 Å². The molecule has 1 aliphatic heterocycles. The maximum atomic E-state index is 13.2. The van der Waals surface area contributed by atoms with Crippen LogP contribution in [0.1, 0.15) is 42.1 Å². The molecule has 2 amide bonds. The van der Waals surface area contributed by atoms with E-state index in [1.807, 2.05) is 38.7 Å². The molecule has 0 aromatic carbocycles. The summed E-state index contributed by atoms with van der Waals surface area (Å²) in [7, 11) is 0. The van der Waals surface area contributed by atoms with Gasteiger partial charge in [-0.1, -0.05) is 11.6 Å². The highest BCUT2D eigenvalue weighted by molar-refractivity contribution is 6.33. The fourth-order valence-electron chi connectivity index (χ4n) is 3.91. The Bertz CT molecular complexity index is 940. The highest BCUT2D eigenvalue weighted by Gasteiger charge is 2.25. The number of pyridine rings is 1. The molecule has 2 aromatic rings. The van der Waals surface area contributed by atoms with Gasteiger partial charge < -0.3 is 9.80 Å². The molecule has 0 N–H and O–H groups in total. The van der Waals surface area contributed by atoms with E-state index in [-0.39, 0.29) is 17.5 Å². The molecule has 3 heterocycles. The number of rotatable bonds is 6. The molecule has 9 heteroatoms. The zero-order valence-corrected chi connectivity index (χ0v) is 19.5. The Morgan fingerprint density at radius 3 is 2.48 bits per heavy atom. The summed E-state index contributed by atoms with van der Waals surface area (Å²) < 4.78 is 1.71. The molecule has 8 nitrogen and oxygen atoms in total. The van der Waals surface area contributed by atoms with Gasteiger partial charge in [-0.2, -0.15) is 5.10 Å². The van der Waals surface area contributed by atoms with E-state index in [4.69, 9.17) is 11.6 Å². The second kappa shape index (κ2) is 10.2. The number of aromatic nitrogens is 3. The maximum Gasteiger partial charge on any atom is 0.274 e. The van der Waals surface area contributed by atoms with E-state index in [9.17, 15) is 9.59 Å². The van der Waals surface area contributed by atoms with Crippen LogP contribution >= 0.6 is 11.6 Å². The Labute approximate surface area is 188 Å². The third-order valence-corrected chi connectivity index (χ3v) is 5.92. The van der Waals surface area contributed by atoms with E-state index >= 15 is 0 Å². The van der Waals surface area contributed by atoms with E-state index < -0.39 is 0 Å². The summed E-state index contributed by atoms with van der Waals surface area (Å²) in [6.07, 6.45) is 0.798. The first-order valence-electron chi connectivity index (χ1n) is 10.8. The van der Waals surface area contributed by atoms with Gasteiger partial charge >= 0.3 is 0 Å². The van der Waals surface area contributed by atoms with Crippen LogP contribution in [0, 0.1) is 13.8 Å². The monoisotopic (exact) mass is 446 g/mol. The van der Waals surface area contributed by atoms with Gasteiger partial charge in [0.1, 0.15) is 5.69 Å². The molecule has 0 saturated carbocycles. The predicted octanol–water partition coefficient (Wildman–Crippen LogP) is 2.55. The van der Waals surface area contributed by atoms with Gasteiger partial charge in [-0.25, -0.2) is 9.67 Å². The van der Waals surface area contributed by atoms with Crippen LogP contribution in [0.2, 0.25) is 5.02 Å². The molecule has 0 spiro atoms. The fraction of sp³-hybridized carbons (Fsp3) is 0.545. The number of carbonyl (C=O) groups is 2. The van der Waals surface area contributed by atoms with Crippen LogP contribution in [0.15, 0.2) is 18.2 Å².